The van der Waals surface area contributed by atoms with Crippen molar-refractivity contribution in [1.82, 2.24) is 19.4 Å². The van der Waals surface area contributed by atoms with Crippen LogP contribution in [0.5, 0.6) is 0 Å². The first-order valence-corrected chi connectivity index (χ1v) is 17.2. The predicted octanol–water partition coefficient (Wildman–Crippen LogP) is 11.1. The lowest BCUT2D eigenvalue weighted by atomic mass is 9.88. The molecule has 0 saturated heterocycles. The number of nitrogens with one attached hydrogen (secondary N) is 1. The minimum Gasteiger partial charge on any atom is -0.358 e. The molecule has 1 N–H and O–H groups in total. The van der Waals surface area contributed by atoms with Crippen LogP contribution in [-0.2, 0) is 0 Å². The molecule has 0 fully saturated rings. The molecular weight excluding hydrogens is 623 g/mol. The van der Waals surface area contributed by atoms with Crippen LogP contribution in [0.4, 0.5) is 5.82 Å². The van der Waals surface area contributed by atoms with Crippen molar-refractivity contribution in [1.29, 1.82) is 0 Å². The second kappa shape index (κ2) is 11.9. The molecule has 1 atom stereocenters. The van der Waals surface area contributed by atoms with E-state index in [-0.39, 0.29) is 6.04 Å². The zero-order valence-electron chi connectivity index (χ0n) is 27.6. The Bertz CT molecular complexity index is 2650. The molecule has 0 spiro atoms. The second-order valence-corrected chi connectivity index (χ2v) is 12.9. The number of benzene rings is 6. The number of rotatable bonds is 5. The molecule has 0 aliphatic carbocycles. The van der Waals surface area contributed by atoms with Crippen LogP contribution in [0.15, 0.2) is 176 Å². The molecule has 0 saturated carbocycles. The Morgan fingerprint density at radius 3 is 1.86 bits per heavy atom. The molecule has 6 aromatic carbocycles. The molecule has 5 heteroatoms. The van der Waals surface area contributed by atoms with E-state index in [1.54, 1.807) is 0 Å². The Morgan fingerprint density at radius 1 is 0.471 bits per heavy atom. The highest BCUT2D eigenvalue weighted by atomic mass is 15.2. The molecule has 0 amide bonds. The van der Waals surface area contributed by atoms with E-state index in [0.717, 1.165) is 72.7 Å². The first kappa shape index (κ1) is 29.1. The molecule has 0 bridgehead atoms. The number of nitrogens with zero attached hydrogens (tertiary/aromatic N) is 4. The van der Waals surface area contributed by atoms with Crippen LogP contribution >= 0.6 is 0 Å². The van der Waals surface area contributed by atoms with Gasteiger partial charge >= 0.3 is 0 Å². The van der Waals surface area contributed by atoms with E-state index in [4.69, 9.17) is 15.0 Å². The van der Waals surface area contributed by atoms with E-state index in [9.17, 15) is 0 Å². The fourth-order valence-electron chi connectivity index (χ4n) is 7.49. The molecule has 51 heavy (non-hydrogen) atoms. The smallest absolute Gasteiger partial charge is 0.161 e. The number of anilines is 1. The van der Waals surface area contributed by atoms with Gasteiger partial charge in [0.05, 0.1) is 17.4 Å². The average Bonchev–Trinajstić information content (AvgIpc) is 3.59. The van der Waals surface area contributed by atoms with E-state index in [2.05, 4.69) is 162 Å². The molecule has 0 radical (unpaired) electrons. The van der Waals surface area contributed by atoms with Crippen molar-refractivity contribution in [3.63, 3.8) is 0 Å². The van der Waals surface area contributed by atoms with Gasteiger partial charge in [-0.2, -0.15) is 0 Å². The molecule has 9 aromatic rings. The summed E-state index contributed by atoms with van der Waals surface area (Å²) in [4.78, 5) is 15.8. The second-order valence-electron chi connectivity index (χ2n) is 12.9. The van der Waals surface area contributed by atoms with Gasteiger partial charge in [0.15, 0.2) is 5.82 Å². The Balaban J connectivity index is 1.16. The monoisotopic (exact) mass is 653 g/mol. The average molecular weight is 654 g/mol. The summed E-state index contributed by atoms with van der Waals surface area (Å²) >= 11 is 0. The van der Waals surface area contributed by atoms with Gasteiger partial charge in [-0.05, 0) is 39.6 Å². The largest absolute Gasteiger partial charge is 0.358 e. The minimum absolute atomic E-state index is 0.0463. The summed E-state index contributed by atoms with van der Waals surface area (Å²) in [5.74, 6) is 1.71. The Kier molecular flexibility index (Phi) is 6.81. The highest BCUT2D eigenvalue weighted by molar-refractivity contribution is 5.98. The quantitative estimate of drug-likeness (QED) is 0.201. The first-order chi connectivity index (χ1) is 25.3. The molecule has 10 rings (SSSR count). The zero-order valence-corrected chi connectivity index (χ0v) is 27.6. The van der Waals surface area contributed by atoms with Crippen LogP contribution in [0, 0.1) is 0 Å². The molecule has 1 aliphatic heterocycles. The molecule has 5 nitrogen and oxygen atoms in total. The third-order valence-electron chi connectivity index (χ3n) is 9.90. The first-order valence-electron chi connectivity index (χ1n) is 17.2. The summed E-state index contributed by atoms with van der Waals surface area (Å²) in [6.45, 7) is 0. The lowest BCUT2D eigenvalue weighted by molar-refractivity contribution is 0.910. The van der Waals surface area contributed by atoms with Crippen molar-refractivity contribution in [3.05, 3.63) is 187 Å². The van der Waals surface area contributed by atoms with Crippen LogP contribution in [0.1, 0.15) is 17.2 Å². The van der Waals surface area contributed by atoms with Gasteiger partial charge in [-0.15, -0.1) is 0 Å². The van der Waals surface area contributed by atoms with Gasteiger partial charge in [0.2, 0.25) is 0 Å². The van der Waals surface area contributed by atoms with E-state index in [1.165, 1.54) is 11.1 Å². The fraction of sp³-hybridized carbons (Fsp3) is 0.0217. The molecule has 240 valence electrons. The van der Waals surface area contributed by atoms with Gasteiger partial charge in [0, 0.05) is 34.0 Å². The number of fused-ring (bicyclic) bond motifs is 6. The van der Waals surface area contributed by atoms with Gasteiger partial charge in [0.1, 0.15) is 17.2 Å². The van der Waals surface area contributed by atoms with Gasteiger partial charge in [0.25, 0.3) is 0 Å². The third kappa shape index (κ3) is 4.90. The van der Waals surface area contributed by atoms with Crippen LogP contribution in [0.2, 0.25) is 0 Å². The molecular formula is C46H31N5. The maximum atomic E-state index is 5.38. The number of aromatic nitrogens is 4. The van der Waals surface area contributed by atoms with Gasteiger partial charge in [-0.1, -0.05) is 158 Å². The van der Waals surface area contributed by atoms with E-state index < -0.39 is 0 Å². The van der Waals surface area contributed by atoms with Gasteiger partial charge in [-0.3, -0.25) is 4.40 Å². The molecule has 4 heterocycles. The lowest BCUT2D eigenvalue weighted by Gasteiger charge is -2.28. The predicted molar refractivity (Wildman–Crippen MR) is 207 cm³/mol. The summed E-state index contributed by atoms with van der Waals surface area (Å²) in [5.41, 5.74) is 12.4. The van der Waals surface area contributed by atoms with Crippen molar-refractivity contribution < 1.29 is 0 Å². The fourth-order valence-corrected chi connectivity index (χ4v) is 7.49. The summed E-state index contributed by atoms with van der Waals surface area (Å²) in [7, 11) is 0. The highest BCUT2D eigenvalue weighted by Crippen LogP contribution is 2.45. The Morgan fingerprint density at radius 2 is 1.10 bits per heavy atom. The number of hydrogen-bond acceptors (Lipinski definition) is 4. The van der Waals surface area contributed by atoms with Crippen LogP contribution in [0.25, 0.3) is 72.7 Å². The van der Waals surface area contributed by atoms with Gasteiger partial charge in [-0.25, -0.2) is 15.0 Å². The molecule has 1 unspecified atom stereocenters. The molecule has 1 aliphatic rings. The summed E-state index contributed by atoms with van der Waals surface area (Å²) in [6.07, 6.45) is 2.07. The summed E-state index contributed by atoms with van der Waals surface area (Å²) in [6, 6.07) is 59.3. The van der Waals surface area contributed by atoms with E-state index in [1.807, 2.05) is 24.3 Å². The SMILES string of the molecule is c1ccc(-c2nc(-c3cccc4ccccc34)nc(-c3ccccc3)c2-c2ccc(C3Nc4c(nc5ccccn45)-c4ccccc43)cc2)cc1. The van der Waals surface area contributed by atoms with Crippen molar-refractivity contribution >= 4 is 22.2 Å². The third-order valence-corrected chi connectivity index (χ3v) is 9.90. The van der Waals surface area contributed by atoms with Crippen molar-refractivity contribution in [2.45, 2.75) is 6.04 Å². The standard InChI is InChI=1S/C46H31N5/c1-3-15-32(16-4-1)42-40(43(33-17-5-2-6-18-33)49-45(48-42)38-23-13-19-30-14-7-8-20-35(30)38)31-25-27-34(28-26-31)41-36-21-9-10-22-37(36)44-46(50-41)51-29-12-11-24-39(51)47-44/h1-29,41,50H. The van der Waals surface area contributed by atoms with E-state index >= 15 is 0 Å². The van der Waals surface area contributed by atoms with Crippen LogP contribution in [-0.4, -0.2) is 19.4 Å². The topological polar surface area (TPSA) is 55.1 Å². The van der Waals surface area contributed by atoms with Crippen LogP contribution in [0.3, 0.4) is 0 Å². The minimum atomic E-state index is -0.0463. The Hall–Kier alpha value is -6.85. The summed E-state index contributed by atoms with van der Waals surface area (Å²) in [5, 5.41) is 6.13. The van der Waals surface area contributed by atoms with Gasteiger partial charge < -0.3 is 5.32 Å². The van der Waals surface area contributed by atoms with Crippen molar-refractivity contribution in [2.24, 2.45) is 0 Å². The molecule has 3 aromatic heterocycles. The highest BCUT2D eigenvalue weighted by Gasteiger charge is 2.29. The maximum Gasteiger partial charge on any atom is 0.161 e. The lowest BCUT2D eigenvalue weighted by Crippen LogP contribution is -2.18. The maximum absolute atomic E-state index is 5.38. The number of imidazole rings is 1. The van der Waals surface area contributed by atoms with E-state index in [0.29, 0.717) is 5.82 Å². The normalized spacial score (nSPS) is 13.5. The zero-order chi connectivity index (χ0) is 33.7. The summed E-state index contributed by atoms with van der Waals surface area (Å²) < 4.78 is 2.14. The Labute approximate surface area is 295 Å². The number of hydrogen-bond donors (Lipinski definition) is 1. The van der Waals surface area contributed by atoms with Crippen molar-refractivity contribution in [3.8, 4) is 56.3 Å². The number of pyridine rings is 1. The van der Waals surface area contributed by atoms with Crippen molar-refractivity contribution in [2.75, 3.05) is 5.32 Å². The van der Waals surface area contributed by atoms with Crippen LogP contribution < -0.4 is 5.32 Å².